The third-order valence-electron chi connectivity index (χ3n) is 2.19. The fourth-order valence-corrected chi connectivity index (χ4v) is 1.62. The molecule has 0 amide bonds. The largest absolute Gasteiger partial charge is 0.493 e. The van der Waals surface area contributed by atoms with Crippen LogP contribution in [0.25, 0.3) is 0 Å². The highest BCUT2D eigenvalue weighted by atomic mass is 35.5. The molecule has 0 unspecified atom stereocenters. The van der Waals surface area contributed by atoms with Crippen LogP contribution in [0.4, 0.5) is 0 Å². The molecule has 0 aliphatic rings. The molecule has 1 aromatic rings. The Kier molecular flexibility index (Phi) is 5.57. The fourth-order valence-electron chi connectivity index (χ4n) is 1.35. The lowest BCUT2D eigenvalue weighted by atomic mass is 10.2. The number of halogens is 1. The molecular weight excluding hydrogens is 240 g/mol. The predicted octanol–water partition coefficient (Wildman–Crippen LogP) is 3.51. The number of rotatable bonds is 7. The summed E-state index contributed by atoms with van der Waals surface area (Å²) in [4.78, 5) is 10.7. The van der Waals surface area contributed by atoms with Crippen LogP contribution in [0.1, 0.15) is 23.2 Å². The Hall–Kier alpha value is -1.48. The van der Waals surface area contributed by atoms with Crippen molar-refractivity contribution in [3.63, 3.8) is 0 Å². The quantitative estimate of drug-likeness (QED) is 0.424. The number of ether oxygens (including phenoxy) is 2. The zero-order chi connectivity index (χ0) is 12.7. The van der Waals surface area contributed by atoms with Crippen molar-refractivity contribution in [3.05, 3.63) is 35.4 Å². The molecule has 0 aromatic heterocycles. The summed E-state index contributed by atoms with van der Waals surface area (Å²) < 4.78 is 10.7. The number of carbonyl (C=O) groups is 1. The van der Waals surface area contributed by atoms with Crippen LogP contribution in [0.3, 0.4) is 0 Å². The van der Waals surface area contributed by atoms with Crippen LogP contribution >= 0.6 is 11.6 Å². The fraction of sp³-hybridized carbons (Fsp3) is 0.308. The zero-order valence-corrected chi connectivity index (χ0v) is 10.5. The minimum Gasteiger partial charge on any atom is -0.493 e. The van der Waals surface area contributed by atoms with Crippen molar-refractivity contribution in [2.75, 3.05) is 13.7 Å². The number of unbranched alkanes of at least 4 members (excludes halogenated alkanes) is 1. The van der Waals surface area contributed by atoms with E-state index in [0.717, 1.165) is 19.1 Å². The van der Waals surface area contributed by atoms with E-state index in [9.17, 15) is 4.79 Å². The first-order chi connectivity index (χ1) is 8.22. The topological polar surface area (TPSA) is 35.5 Å². The van der Waals surface area contributed by atoms with E-state index in [1.54, 1.807) is 12.1 Å². The second-order valence-electron chi connectivity index (χ2n) is 3.43. The number of methoxy groups -OCH3 is 1. The molecule has 0 bridgehead atoms. The number of aldehydes is 1. The Morgan fingerprint density at radius 2 is 2.24 bits per heavy atom. The van der Waals surface area contributed by atoms with E-state index in [1.807, 2.05) is 6.08 Å². The van der Waals surface area contributed by atoms with Gasteiger partial charge in [0, 0.05) is 5.56 Å². The molecule has 4 heteroatoms. The highest BCUT2D eigenvalue weighted by molar-refractivity contribution is 6.32. The van der Waals surface area contributed by atoms with E-state index in [0.29, 0.717) is 28.7 Å². The van der Waals surface area contributed by atoms with Crippen molar-refractivity contribution in [3.8, 4) is 11.5 Å². The highest BCUT2D eigenvalue weighted by Gasteiger charge is 2.11. The van der Waals surface area contributed by atoms with Crippen LogP contribution in [0.2, 0.25) is 5.02 Å². The van der Waals surface area contributed by atoms with Crippen LogP contribution in [0.5, 0.6) is 11.5 Å². The lowest BCUT2D eigenvalue weighted by Crippen LogP contribution is -2.00. The summed E-state index contributed by atoms with van der Waals surface area (Å²) in [5.74, 6) is 0.946. The molecule has 1 aromatic carbocycles. The molecule has 17 heavy (non-hydrogen) atoms. The van der Waals surface area contributed by atoms with Crippen molar-refractivity contribution >= 4 is 17.9 Å². The summed E-state index contributed by atoms with van der Waals surface area (Å²) in [6, 6.07) is 3.15. The van der Waals surface area contributed by atoms with Gasteiger partial charge in [0.1, 0.15) is 6.29 Å². The number of hydrogen-bond donors (Lipinski definition) is 0. The van der Waals surface area contributed by atoms with E-state index in [-0.39, 0.29) is 0 Å². The van der Waals surface area contributed by atoms with Gasteiger partial charge in [-0.15, -0.1) is 6.58 Å². The molecule has 92 valence electrons. The summed E-state index contributed by atoms with van der Waals surface area (Å²) >= 11 is 6.02. The first kappa shape index (κ1) is 13.6. The summed E-state index contributed by atoms with van der Waals surface area (Å²) in [7, 11) is 1.51. The molecule has 0 heterocycles. The summed E-state index contributed by atoms with van der Waals surface area (Å²) in [6.45, 7) is 4.16. The first-order valence-electron chi connectivity index (χ1n) is 5.29. The van der Waals surface area contributed by atoms with Crippen LogP contribution in [-0.2, 0) is 0 Å². The SMILES string of the molecule is C=CCCCOc1c(Cl)cc(C=O)cc1OC. The van der Waals surface area contributed by atoms with E-state index in [1.165, 1.54) is 7.11 Å². The maximum atomic E-state index is 10.7. The molecule has 0 fully saturated rings. The van der Waals surface area contributed by atoms with E-state index < -0.39 is 0 Å². The molecule has 0 aliphatic heterocycles. The van der Waals surface area contributed by atoms with Gasteiger partial charge in [0.2, 0.25) is 0 Å². The van der Waals surface area contributed by atoms with Crippen molar-refractivity contribution in [2.45, 2.75) is 12.8 Å². The van der Waals surface area contributed by atoms with Crippen LogP contribution in [0.15, 0.2) is 24.8 Å². The molecule has 3 nitrogen and oxygen atoms in total. The average Bonchev–Trinajstić information content (AvgIpc) is 2.35. The lowest BCUT2D eigenvalue weighted by molar-refractivity contribution is 0.112. The second kappa shape index (κ2) is 6.97. The minimum atomic E-state index is 0.380. The van der Waals surface area contributed by atoms with Crippen molar-refractivity contribution in [2.24, 2.45) is 0 Å². The Balaban J connectivity index is 2.82. The maximum absolute atomic E-state index is 10.7. The van der Waals surface area contributed by atoms with Crippen molar-refractivity contribution < 1.29 is 14.3 Å². The zero-order valence-electron chi connectivity index (χ0n) is 9.74. The average molecular weight is 255 g/mol. The minimum absolute atomic E-state index is 0.380. The van der Waals surface area contributed by atoms with Gasteiger partial charge in [-0.3, -0.25) is 4.79 Å². The number of allylic oxidation sites excluding steroid dienone is 1. The highest BCUT2D eigenvalue weighted by Crippen LogP contribution is 2.36. The smallest absolute Gasteiger partial charge is 0.179 e. The van der Waals surface area contributed by atoms with Gasteiger partial charge in [-0.25, -0.2) is 0 Å². The van der Waals surface area contributed by atoms with Gasteiger partial charge >= 0.3 is 0 Å². The molecule has 0 saturated heterocycles. The number of hydrogen-bond acceptors (Lipinski definition) is 3. The molecule has 0 atom stereocenters. The van der Waals surface area contributed by atoms with Crippen LogP contribution in [0, 0.1) is 0 Å². The number of carbonyl (C=O) groups excluding carboxylic acids is 1. The second-order valence-corrected chi connectivity index (χ2v) is 3.84. The third kappa shape index (κ3) is 3.79. The lowest BCUT2D eigenvalue weighted by Gasteiger charge is -2.12. The molecule has 0 saturated carbocycles. The molecule has 1 rings (SSSR count). The monoisotopic (exact) mass is 254 g/mol. The Morgan fingerprint density at radius 3 is 2.82 bits per heavy atom. The van der Waals surface area contributed by atoms with E-state index in [2.05, 4.69) is 6.58 Å². The molecule has 0 spiro atoms. The summed E-state index contributed by atoms with van der Waals surface area (Å²) in [5, 5.41) is 0.380. The van der Waals surface area contributed by atoms with Crippen molar-refractivity contribution in [1.82, 2.24) is 0 Å². The first-order valence-corrected chi connectivity index (χ1v) is 5.67. The van der Waals surface area contributed by atoms with Crippen LogP contribution in [-0.4, -0.2) is 20.0 Å². The normalized spacial score (nSPS) is 9.76. The van der Waals surface area contributed by atoms with Gasteiger partial charge < -0.3 is 9.47 Å². The Bertz CT molecular complexity index is 402. The van der Waals surface area contributed by atoms with Gasteiger partial charge in [-0.2, -0.15) is 0 Å². The Labute approximate surface area is 106 Å². The third-order valence-corrected chi connectivity index (χ3v) is 2.47. The summed E-state index contributed by atoms with van der Waals surface area (Å²) in [6.07, 6.45) is 4.29. The van der Waals surface area contributed by atoms with Crippen LogP contribution < -0.4 is 9.47 Å². The van der Waals surface area contributed by atoms with Gasteiger partial charge in [0.05, 0.1) is 18.7 Å². The van der Waals surface area contributed by atoms with E-state index >= 15 is 0 Å². The predicted molar refractivity (Wildman–Crippen MR) is 68.3 cm³/mol. The maximum Gasteiger partial charge on any atom is 0.179 e. The standard InChI is InChI=1S/C13H15ClO3/c1-3-4-5-6-17-13-11(14)7-10(9-15)8-12(13)16-2/h3,7-9H,1,4-6H2,2H3. The molecule has 0 N–H and O–H groups in total. The molecule has 0 aliphatic carbocycles. The number of benzene rings is 1. The van der Waals surface area contributed by atoms with Gasteiger partial charge in [-0.05, 0) is 25.0 Å². The molecular formula is C13H15ClO3. The molecule has 0 radical (unpaired) electrons. The van der Waals surface area contributed by atoms with Gasteiger partial charge in [0.15, 0.2) is 11.5 Å². The van der Waals surface area contributed by atoms with Gasteiger partial charge in [0.25, 0.3) is 0 Å². The van der Waals surface area contributed by atoms with E-state index in [4.69, 9.17) is 21.1 Å². The van der Waals surface area contributed by atoms with Crippen molar-refractivity contribution in [1.29, 1.82) is 0 Å². The van der Waals surface area contributed by atoms with Gasteiger partial charge in [-0.1, -0.05) is 17.7 Å². The summed E-state index contributed by atoms with van der Waals surface area (Å²) in [5.41, 5.74) is 0.463. The Morgan fingerprint density at radius 1 is 1.47 bits per heavy atom.